The highest BCUT2D eigenvalue weighted by molar-refractivity contribution is 9.10. The highest BCUT2D eigenvalue weighted by Crippen LogP contribution is 2.24. The van der Waals surface area contributed by atoms with Gasteiger partial charge in [-0.3, -0.25) is 14.9 Å². The minimum atomic E-state index is -0.500. The van der Waals surface area contributed by atoms with Gasteiger partial charge in [0.2, 0.25) is 0 Å². The monoisotopic (exact) mass is 327 g/mol. The minimum Gasteiger partial charge on any atom is -0.337 e. The summed E-state index contributed by atoms with van der Waals surface area (Å²) in [7, 11) is 1.73. The molecule has 19 heavy (non-hydrogen) atoms. The van der Waals surface area contributed by atoms with E-state index in [9.17, 15) is 14.9 Å². The van der Waals surface area contributed by atoms with E-state index in [0.29, 0.717) is 10.0 Å². The fourth-order valence-corrected chi connectivity index (χ4v) is 2.53. The van der Waals surface area contributed by atoms with Crippen molar-refractivity contribution in [3.05, 3.63) is 38.3 Å². The van der Waals surface area contributed by atoms with Crippen molar-refractivity contribution in [2.24, 2.45) is 0 Å². The Balaban J connectivity index is 2.26. The number of hydrogen-bond acceptors (Lipinski definition) is 4. The van der Waals surface area contributed by atoms with Crippen molar-refractivity contribution in [1.29, 1.82) is 0 Å². The zero-order valence-corrected chi connectivity index (χ0v) is 12.0. The van der Waals surface area contributed by atoms with E-state index in [1.807, 2.05) is 0 Å². The molecule has 1 heterocycles. The third kappa shape index (κ3) is 2.93. The third-order valence-electron chi connectivity index (χ3n) is 3.29. The Bertz CT molecular complexity index is 515. The van der Waals surface area contributed by atoms with Crippen LogP contribution in [0.5, 0.6) is 0 Å². The zero-order chi connectivity index (χ0) is 14.0. The lowest BCUT2D eigenvalue weighted by molar-refractivity contribution is -0.384. The number of non-ortho nitro benzene ring substituents is 1. The van der Waals surface area contributed by atoms with Crippen molar-refractivity contribution >= 4 is 27.5 Å². The second kappa shape index (κ2) is 5.66. The average Bonchev–Trinajstić information content (AvgIpc) is 2.91. The molecule has 1 saturated heterocycles. The molecule has 0 aromatic heterocycles. The highest BCUT2D eigenvalue weighted by Gasteiger charge is 2.26. The van der Waals surface area contributed by atoms with Crippen molar-refractivity contribution < 1.29 is 9.72 Å². The van der Waals surface area contributed by atoms with Gasteiger partial charge < -0.3 is 10.2 Å². The van der Waals surface area contributed by atoms with Crippen LogP contribution in [0.4, 0.5) is 5.69 Å². The summed E-state index contributed by atoms with van der Waals surface area (Å²) in [5.41, 5.74) is 0.244. The van der Waals surface area contributed by atoms with E-state index in [-0.39, 0.29) is 17.6 Å². The Morgan fingerprint density at radius 1 is 1.58 bits per heavy atom. The SMILES string of the molecule is CN(C(=O)c1cc([N+](=O)[O-])ccc1Br)C1CCNC1. The van der Waals surface area contributed by atoms with Gasteiger partial charge in [-0.15, -0.1) is 0 Å². The van der Waals surface area contributed by atoms with E-state index in [1.54, 1.807) is 11.9 Å². The summed E-state index contributed by atoms with van der Waals surface area (Å²) < 4.78 is 0.570. The smallest absolute Gasteiger partial charge is 0.270 e. The molecule has 0 saturated carbocycles. The molecule has 0 bridgehead atoms. The molecule has 6 nitrogen and oxygen atoms in total. The maximum absolute atomic E-state index is 12.4. The third-order valence-corrected chi connectivity index (χ3v) is 3.99. The van der Waals surface area contributed by atoms with Gasteiger partial charge in [-0.05, 0) is 35.0 Å². The number of amides is 1. The van der Waals surface area contributed by atoms with E-state index in [0.717, 1.165) is 19.5 Å². The second-order valence-electron chi connectivity index (χ2n) is 4.48. The van der Waals surface area contributed by atoms with Gasteiger partial charge in [0.25, 0.3) is 11.6 Å². The number of hydrogen-bond donors (Lipinski definition) is 1. The van der Waals surface area contributed by atoms with Gasteiger partial charge in [-0.2, -0.15) is 0 Å². The van der Waals surface area contributed by atoms with Crippen LogP contribution in [-0.2, 0) is 0 Å². The molecule has 7 heteroatoms. The summed E-state index contributed by atoms with van der Waals surface area (Å²) in [6.45, 7) is 1.65. The van der Waals surface area contributed by atoms with E-state index in [4.69, 9.17) is 0 Å². The topological polar surface area (TPSA) is 75.5 Å². The van der Waals surface area contributed by atoms with Crippen molar-refractivity contribution in [2.45, 2.75) is 12.5 Å². The fraction of sp³-hybridized carbons (Fsp3) is 0.417. The van der Waals surface area contributed by atoms with Gasteiger partial charge >= 0.3 is 0 Å². The normalized spacial score (nSPS) is 18.3. The van der Waals surface area contributed by atoms with E-state index in [1.165, 1.54) is 18.2 Å². The number of carbonyl (C=O) groups excluding carboxylic acids is 1. The second-order valence-corrected chi connectivity index (χ2v) is 5.34. The largest absolute Gasteiger partial charge is 0.337 e. The molecule has 1 fully saturated rings. The molecule has 102 valence electrons. The lowest BCUT2D eigenvalue weighted by Gasteiger charge is -2.24. The van der Waals surface area contributed by atoms with Gasteiger partial charge in [0, 0.05) is 36.2 Å². The van der Waals surface area contributed by atoms with Crippen molar-refractivity contribution in [1.82, 2.24) is 10.2 Å². The fourth-order valence-electron chi connectivity index (χ4n) is 2.12. The van der Waals surface area contributed by atoms with Gasteiger partial charge in [0.05, 0.1) is 10.5 Å². The minimum absolute atomic E-state index is 0.0792. The molecule has 1 aliphatic heterocycles. The van der Waals surface area contributed by atoms with Crippen LogP contribution in [0.1, 0.15) is 16.8 Å². The maximum atomic E-state index is 12.4. The molecule has 1 aromatic carbocycles. The molecule has 1 amide bonds. The molecule has 0 spiro atoms. The summed E-state index contributed by atoms with van der Waals surface area (Å²) in [5.74, 6) is -0.204. The molecule has 1 N–H and O–H groups in total. The van der Waals surface area contributed by atoms with Crippen LogP contribution in [-0.4, -0.2) is 41.9 Å². The number of nitrogens with one attached hydrogen (secondary N) is 1. The molecule has 2 rings (SSSR count). The predicted octanol–water partition coefficient (Wildman–Crippen LogP) is 1.79. The number of nitro groups is 1. The van der Waals surface area contributed by atoms with Crippen LogP contribution in [0.3, 0.4) is 0 Å². The number of carbonyl (C=O) groups is 1. The summed E-state index contributed by atoms with van der Waals surface area (Å²) in [5, 5.41) is 14.0. The quantitative estimate of drug-likeness (QED) is 0.678. The van der Waals surface area contributed by atoms with Gasteiger partial charge in [0.15, 0.2) is 0 Å². The summed E-state index contributed by atoms with van der Waals surface area (Å²) in [6, 6.07) is 4.36. The first kappa shape index (κ1) is 14.0. The summed E-state index contributed by atoms with van der Waals surface area (Å²) in [4.78, 5) is 24.3. The molecule has 1 aliphatic rings. The maximum Gasteiger partial charge on any atom is 0.270 e. The molecular weight excluding hydrogens is 314 g/mol. The Hall–Kier alpha value is -1.47. The van der Waals surface area contributed by atoms with Gasteiger partial charge in [-0.25, -0.2) is 0 Å². The molecule has 0 aliphatic carbocycles. The first-order valence-electron chi connectivity index (χ1n) is 5.92. The van der Waals surface area contributed by atoms with Gasteiger partial charge in [-0.1, -0.05) is 0 Å². The molecular formula is C12H14BrN3O3. The summed E-state index contributed by atoms with van der Waals surface area (Å²) >= 11 is 3.27. The van der Waals surface area contributed by atoms with Gasteiger partial charge in [0.1, 0.15) is 0 Å². The Morgan fingerprint density at radius 2 is 2.32 bits per heavy atom. The van der Waals surface area contributed by atoms with Crippen LogP contribution >= 0.6 is 15.9 Å². The van der Waals surface area contributed by atoms with E-state index in [2.05, 4.69) is 21.2 Å². The highest BCUT2D eigenvalue weighted by atomic mass is 79.9. The van der Waals surface area contributed by atoms with Crippen molar-refractivity contribution in [2.75, 3.05) is 20.1 Å². The number of nitrogens with zero attached hydrogens (tertiary/aromatic N) is 2. The molecule has 1 unspecified atom stereocenters. The molecule has 1 aromatic rings. The van der Waals surface area contributed by atoms with Crippen molar-refractivity contribution in [3.8, 4) is 0 Å². The standard InChI is InChI=1S/C12H14BrN3O3/c1-15(9-4-5-14-7-9)12(17)10-6-8(16(18)19)2-3-11(10)13/h2-3,6,9,14H,4-5,7H2,1H3. The zero-order valence-electron chi connectivity index (χ0n) is 10.4. The summed E-state index contributed by atoms with van der Waals surface area (Å²) in [6.07, 6.45) is 0.898. The van der Waals surface area contributed by atoms with E-state index >= 15 is 0 Å². The Morgan fingerprint density at radius 3 is 2.89 bits per heavy atom. The lowest BCUT2D eigenvalue weighted by atomic mass is 10.1. The van der Waals surface area contributed by atoms with Crippen LogP contribution in [0.2, 0.25) is 0 Å². The number of rotatable bonds is 3. The number of nitro benzene ring substituents is 1. The Kier molecular flexibility index (Phi) is 4.16. The van der Waals surface area contributed by atoms with Crippen LogP contribution in [0, 0.1) is 10.1 Å². The Labute approximate surface area is 119 Å². The first-order valence-corrected chi connectivity index (χ1v) is 6.72. The molecule has 1 atom stereocenters. The first-order chi connectivity index (χ1) is 9.00. The average molecular weight is 328 g/mol. The number of benzene rings is 1. The number of likely N-dealkylation sites (N-methyl/N-ethyl adjacent to an activating group) is 1. The predicted molar refractivity (Wildman–Crippen MR) is 74.2 cm³/mol. The van der Waals surface area contributed by atoms with Crippen LogP contribution in [0.25, 0.3) is 0 Å². The van der Waals surface area contributed by atoms with Crippen LogP contribution in [0.15, 0.2) is 22.7 Å². The van der Waals surface area contributed by atoms with Crippen LogP contribution < -0.4 is 5.32 Å². The van der Waals surface area contributed by atoms with E-state index < -0.39 is 4.92 Å². The lowest BCUT2D eigenvalue weighted by Crippen LogP contribution is -2.38. The molecule has 0 radical (unpaired) electrons. The number of halogens is 1. The van der Waals surface area contributed by atoms with Crippen molar-refractivity contribution in [3.63, 3.8) is 0 Å².